The van der Waals surface area contributed by atoms with E-state index >= 15 is 0 Å². The zero-order valence-corrected chi connectivity index (χ0v) is 7.52. The van der Waals surface area contributed by atoms with Gasteiger partial charge in [-0.1, -0.05) is 26.8 Å². The first-order chi connectivity index (χ1) is 4.68. The molecule has 0 aliphatic heterocycles. The fourth-order valence-electron chi connectivity index (χ4n) is 0.530. The Morgan fingerprint density at radius 3 is 2.30 bits per heavy atom. The molecule has 1 heteroatoms. The summed E-state index contributed by atoms with van der Waals surface area (Å²) in [5.41, 5.74) is 0. The Hall–Kier alpha value is -0.460. The summed E-state index contributed by atoms with van der Waals surface area (Å²) in [7, 11) is 0. The molecule has 60 valence electrons. The Kier molecular flexibility index (Phi) is 5.09. The van der Waals surface area contributed by atoms with Crippen LogP contribution in [-0.2, 0) is 0 Å². The quantitative estimate of drug-likeness (QED) is 0.634. The van der Waals surface area contributed by atoms with Crippen molar-refractivity contribution in [2.45, 2.75) is 40.2 Å². The maximum absolute atomic E-state index is 3.30. The maximum atomic E-state index is 3.30. The molecule has 0 fully saturated rings. The molecule has 0 aliphatic rings. The van der Waals surface area contributed by atoms with E-state index in [4.69, 9.17) is 0 Å². The molecule has 0 heterocycles. The fraction of sp³-hybridized carbons (Fsp3) is 0.778. The number of nitrogens with one attached hydrogen (secondary N) is 1. The smallest absolute Gasteiger partial charge is 0.0250 e. The predicted molar refractivity (Wildman–Crippen MR) is 46.9 cm³/mol. The van der Waals surface area contributed by atoms with Crippen LogP contribution >= 0.6 is 0 Å². The second-order valence-corrected chi connectivity index (χ2v) is 3.01. The van der Waals surface area contributed by atoms with Crippen LogP contribution in [0, 0.1) is 5.92 Å². The molecule has 10 heavy (non-hydrogen) atoms. The summed E-state index contributed by atoms with van der Waals surface area (Å²) in [6, 6.07) is 0.586. The molecule has 0 bridgehead atoms. The topological polar surface area (TPSA) is 12.0 Å². The number of rotatable bonds is 4. The SMILES string of the molecule is CC/C=C\NC(C)C(C)C. The van der Waals surface area contributed by atoms with Crippen LogP contribution in [0.1, 0.15) is 34.1 Å². The lowest BCUT2D eigenvalue weighted by atomic mass is 10.1. The van der Waals surface area contributed by atoms with E-state index in [0.29, 0.717) is 12.0 Å². The number of allylic oxidation sites excluding steroid dienone is 1. The van der Waals surface area contributed by atoms with E-state index in [1.807, 2.05) is 6.20 Å². The lowest BCUT2D eigenvalue weighted by Crippen LogP contribution is -2.25. The van der Waals surface area contributed by atoms with Crippen molar-refractivity contribution in [2.24, 2.45) is 5.92 Å². The molecule has 0 spiro atoms. The molecule has 0 aromatic heterocycles. The molecule has 1 nitrogen and oxygen atoms in total. The van der Waals surface area contributed by atoms with Gasteiger partial charge >= 0.3 is 0 Å². The van der Waals surface area contributed by atoms with Gasteiger partial charge in [-0.05, 0) is 25.5 Å². The summed E-state index contributed by atoms with van der Waals surface area (Å²) in [4.78, 5) is 0. The van der Waals surface area contributed by atoms with Crippen LogP contribution < -0.4 is 5.32 Å². The van der Waals surface area contributed by atoms with E-state index in [0.717, 1.165) is 6.42 Å². The highest BCUT2D eigenvalue weighted by molar-refractivity contribution is 4.81. The van der Waals surface area contributed by atoms with Crippen molar-refractivity contribution in [1.82, 2.24) is 5.32 Å². The highest BCUT2D eigenvalue weighted by Crippen LogP contribution is 1.98. The van der Waals surface area contributed by atoms with Gasteiger partial charge in [-0.15, -0.1) is 0 Å². The minimum Gasteiger partial charge on any atom is -0.388 e. The van der Waals surface area contributed by atoms with Crippen LogP contribution in [0.4, 0.5) is 0 Å². The van der Waals surface area contributed by atoms with Gasteiger partial charge in [-0.25, -0.2) is 0 Å². The molecule has 0 rings (SSSR count). The zero-order valence-electron chi connectivity index (χ0n) is 7.52. The van der Waals surface area contributed by atoms with Crippen molar-refractivity contribution >= 4 is 0 Å². The van der Waals surface area contributed by atoms with E-state index in [1.165, 1.54) is 0 Å². The van der Waals surface area contributed by atoms with Crippen LogP contribution in [0.25, 0.3) is 0 Å². The van der Waals surface area contributed by atoms with Crippen LogP contribution in [0.15, 0.2) is 12.3 Å². The van der Waals surface area contributed by atoms with Gasteiger partial charge in [0.15, 0.2) is 0 Å². The van der Waals surface area contributed by atoms with Crippen LogP contribution in [0.2, 0.25) is 0 Å². The normalized spacial score (nSPS) is 14.5. The van der Waals surface area contributed by atoms with Gasteiger partial charge in [0.2, 0.25) is 0 Å². The average molecular weight is 141 g/mol. The molecule has 0 saturated heterocycles. The van der Waals surface area contributed by atoms with E-state index in [-0.39, 0.29) is 0 Å². The number of hydrogen-bond acceptors (Lipinski definition) is 1. The molecule has 0 aromatic carbocycles. The van der Waals surface area contributed by atoms with Crippen molar-refractivity contribution in [2.75, 3.05) is 0 Å². The Balaban J connectivity index is 3.38. The van der Waals surface area contributed by atoms with Crippen molar-refractivity contribution < 1.29 is 0 Å². The van der Waals surface area contributed by atoms with Crippen LogP contribution in [0.5, 0.6) is 0 Å². The third-order valence-corrected chi connectivity index (χ3v) is 1.71. The molecule has 1 atom stereocenters. The summed E-state index contributed by atoms with van der Waals surface area (Å²) in [6.07, 6.45) is 5.29. The third-order valence-electron chi connectivity index (χ3n) is 1.71. The van der Waals surface area contributed by atoms with Gasteiger partial charge in [0.25, 0.3) is 0 Å². The van der Waals surface area contributed by atoms with E-state index < -0.39 is 0 Å². The first kappa shape index (κ1) is 9.54. The fourth-order valence-corrected chi connectivity index (χ4v) is 0.530. The molecule has 0 aliphatic carbocycles. The lowest BCUT2D eigenvalue weighted by Gasteiger charge is -2.14. The molecule has 0 aromatic rings. The highest BCUT2D eigenvalue weighted by Gasteiger charge is 2.01. The molecule has 0 radical (unpaired) electrons. The van der Waals surface area contributed by atoms with Crippen LogP contribution in [0.3, 0.4) is 0 Å². The van der Waals surface area contributed by atoms with Crippen molar-refractivity contribution in [3.63, 3.8) is 0 Å². The highest BCUT2D eigenvalue weighted by atomic mass is 14.9. The van der Waals surface area contributed by atoms with Crippen LogP contribution in [-0.4, -0.2) is 6.04 Å². The molecule has 0 saturated carbocycles. The minimum absolute atomic E-state index is 0.586. The monoisotopic (exact) mass is 141 g/mol. The Labute approximate surface area is 64.5 Å². The largest absolute Gasteiger partial charge is 0.388 e. The second kappa shape index (κ2) is 5.33. The van der Waals surface area contributed by atoms with Gasteiger partial charge < -0.3 is 5.32 Å². The van der Waals surface area contributed by atoms with Gasteiger partial charge in [0, 0.05) is 6.04 Å². The van der Waals surface area contributed by atoms with Crippen molar-refractivity contribution in [3.8, 4) is 0 Å². The third kappa shape index (κ3) is 4.42. The predicted octanol–water partition coefficient (Wildman–Crippen LogP) is 2.54. The van der Waals surface area contributed by atoms with Crippen molar-refractivity contribution in [1.29, 1.82) is 0 Å². The minimum atomic E-state index is 0.586. The van der Waals surface area contributed by atoms with Gasteiger partial charge in [0.05, 0.1) is 0 Å². The van der Waals surface area contributed by atoms with Gasteiger partial charge in [-0.2, -0.15) is 0 Å². The second-order valence-electron chi connectivity index (χ2n) is 3.01. The first-order valence-electron chi connectivity index (χ1n) is 4.09. The molecule has 1 N–H and O–H groups in total. The van der Waals surface area contributed by atoms with Gasteiger partial charge in [-0.3, -0.25) is 0 Å². The molecule has 0 amide bonds. The Morgan fingerprint density at radius 1 is 1.30 bits per heavy atom. The number of hydrogen-bond donors (Lipinski definition) is 1. The van der Waals surface area contributed by atoms with E-state index in [1.54, 1.807) is 0 Å². The summed E-state index contributed by atoms with van der Waals surface area (Å²) in [5.74, 6) is 0.710. The first-order valence-corrected chi connectivity index (χ1v) is 4.09. The van der Waals surface area contributed by atoms with E-state index in [2.05, 4.69) is 39.1 Å². The summed E-state index contributed by atoms with van der Waals surface area (Å²) < 4.78 is 0. The standard InChI is InChI=1S/C9H19N/c1-5-6-7-10-9(4)8(2)3/h6-10H,5H2,1-4H3/b7-6-. The zero-order chi connectivity index (χ0) is 7.98. The molecule has 1 unspecified atom stereocenters. The maximum Gasteiger partial charge on any atom is 0.0250 e. The van der Waals surface area contributed by atoms with E-state index in [9.17, 15) is 0 Å². The summed E-state index contributed by atoms with van der Waals surface area (Å²) in [6.45, 7) is 8.78. The molecular formula is C9H19N. The lowest BCUT2D eigenvalue weighted by molar-refractivity contribution is 0.473. The Bertz CT molecular complexity index is 94.9. The average Bonchev–Trinajstić information content (AvgIpc) is 1.88. The summed E-state index contributed by atoms with van der Waals surface area (Å²) in [5, 5.41) is 3.30. The van der Waals surface area contributed by atoms with Crippen molar-refractivity contribution in [3.05, 3.63) is 12.3 Å². The van der Waals surface area contributed by atoms with Gasteiger partial charge in [0.1, 0.15) is 0 Å². The molecular weight excluding hydrogens is 122 g/mol. The Morgan fingerprint density at radius 2 is 1.90 bits per heavy atom. The summed E-state index contributed by atoms with van der Waals surface area (Å²) >= 11 is 0.